The third-order valence-corrected chi connectivity index (χ3v) is 6.42. The summed E-state index contributed by atoms with van der Waals surface area (Å²) in [5.74, 6) is 0.234. The number of benzene rings is 1. The fourth-order valence-electron chi connectivity index (χ4n) is 4.69. The third-order valence-electron chi connectivity index (χ3n) is 6.42. The number of pyridine rings is 1. The minimum atomic E-state index is -0.109. The Morgan fingerprint density at radius 3 is 2.59 bits per heavy atom. The summed E-state index contributed by atoms with van der Waals surface area (Å²) in [5.41, 5.74) is 2.56. The van der Waals surface area contributed by atoms with Gasteiger partial charge in [-0.25, -0.2) is 0 Å². The van der Waals surface area contributed by atoms with Crippen molar-refractivity contribution in [1.82, 2.24) is 19.7 Å². The first-order valence-corrected chi connectivity index (χ1v) is 11.5. The number of hydrogen-bond donors (Lipinski definition) is 1. The number of rotatable bonds is 8. The van der Waals surface area contributed by atoms with Crippen LogP contribution in [0, 0.1) is 0 Å². The molecular formula is C26H36N4O2. The molecule has 0 saturated carbocycles. The molecule has 1 saturated heterocycles. The number of aromatic hydroxyl groups is 1. The SMILES string of the molecule is C=CCN1C[C@H](C)N([C@@H](c2cccc(O)c2)c2cncc(C(=O)N(CC)CC)c2)C[C@H]1C. The molecule has 2 aromatic rings. The normalized spacial score (nSPS) is 20.6. The monoisotopic (exact) mass is 436 g/mol. The maximum Gasteiger partial charge on any atom is 0.255 e. The second-order valence-corrected chi connectivity index (χ2v) is 8.62. The van der Waals surface area contributed by atoms with Crippen LogP contribution in [0.1, 0.15) is 55.2 Å². The number of piperazine rings is 1. The Balaban J connectivity index is 2.03. The Morgan fingerprint density at radius 2 is 1.94 bits per heavy atom. The number of amides is 1. The van der Waals surface area contributed by atoms with Crippen LogP contribution >= 0.6 is 0 Å². The first kappa shape index (κ1) is 24.0. The second-order valence-electron chi connectivity index (χ2n) is 8.62. The van der Waals surface area contributed by atoms with Crippen LogP contribution in [0.4, 0.5) is 0 Å². The van der Waals surface area contributed by atoms with Crippen molar-refractivity contribution in [2.45, 2.75) is 45.8 Å². The molecule has 1 amide bonds. The predicted molar refractivity (Wildman–Crippen MR) is 129 cm³/mol. The maximum absolute atomic E-state index is 13.0. The summed E-state index contributed by atoms with van der Waals surface area (Å²) in [6, 6.07) is 9.91. The van der Waals surface area contributed by atoms with E-state index in [9.17, 15) is 9.90 Å². The van der Waals surface area contributed by atoms with Gasteiger partial charge in [0, 0.05) is 57.2 Å². The van der Waals surface area contributed by atoms with E-state index in [-0.39, 0.29) is 23.7 Å². The largest absolute Gasteiger partial charge is 0.508 e. The molecule has 1 aromatic carbocycles. The molecule has 1 aliphatic heterocycles. The van der Waals surface area contributed by atoms with Crippen LogP contribution in [-0.4, -0.2) is 75.5 Å². The van der Waals surface area contributed by atoms with Crippen LogP contribution in [0.15, 0.2) is 55.4 Å². The summed E-state index contributed by atoms with van der Waals surface area (Å²) in [6.45, 7) is 16.3. The molecule has 0 unspecified atom stereocenters. The van der Waals surface area contributed by atoms with Gasteiger partial charge in [-0.3, -0.25) is 19.6 Å². The van der Waals surface area contributed by atoms with Gasteiger partial charge in [0.1, 0.15) is 5.75 Å². The Kier molecular flexibility index (Phi) is 8.04. The lowest BCUT2D eigenvalue weighted by Gasteiger charge is -2.47. The summed E-state index contributed by atoms with van der Waals surface area (Å²) >= 11 is 0. The van der Waals surface area contributed by atoms with Crippen LogP contribution in [0.25, 0.3) is 0 Å². The van der Waals surface area contributed by atoms with Gasteiger partial charge in [0.25, 0.3) is 5.91 Å². The Hall–Kier alpha value is -2.70. The highest BCUT2D eigenvalue weighted by Crippen LogP contribution is 2.34. The second kappa shape index (κ2) is 10.7. The highest BCUT2D eigenvalue weighted by molar-refractivity contribution is 5.94. The molecule has 6 nitrogen and oxygen atoms in total. The van der Waals surface area contributed by atoms with E-state index >= 15 is 0 Å². The molecule has 3 rings (SSSR count). The number of phenols is 1. The van der Waals surface area contributed by atoms with Gasteiger partial charge in [0.05, 0.1) is 11.6 Å². The van der Waals surface area contributed by atoms with Gasteiger partial charge in [-0.2, -0.15) is 0 Å². The van der Waals surface area contributed by atoms with Crippen molar-refractivity contribution in [2.24, 2.45) is 0 Å². The van der Waals surface area contributed by atoms with Crippen molar-refractivity contribution in [1.29, 1.82) is 0 Å². The van der Waals surface area contributed by atoms with E-state index in [1.807, 2.05) is 55.3 Å². The van der Waals surface area contributed by atoms with Gasteiger partial charge in [-0.15, -0.1) is 6.58 Å². The van der Waals surface area contributed by atoms with Gasteiger partial charge in [0.15, 0.2) is 0 Å². The third kappa shape index (κ3) is 5.19. The van der Waals surface area contributed by atoms with E-state index < -0.39 is 0 Å². The van der Waals surface area contributed by atoms with Gasteiger partial charge in [-0.1, -0.05) is 18.2 Å². The van der Waals surface area contributed by atoms with Crippen LogP contribution in [0.3, 0.4) is 0 Å². The average molecular weight is 437 g/mol. The van der Waals surface area contributed by atoms with E-state index in [0.717, 1.165) is 30.8 Å². The fraction of sp³-hybridized carbons (Fsp3) is 0.462. The lowest BCUT2D eigenvalue weighted by molar-refractivity contribution is 0.0305. The molecule has 0 spiro atoms. The van der Waals surface area contributed by atoms with Crippen LogP contribution < -0.4 is 0 Å². The summed E-state index contributed by atoms with van der Waals surface area (Å²) in [7, 11) is 0. The van der Waals surface area contributed by atoms with Gasteiger partial charge >= 0.3 is 0 Å². The molecule has 1 fully saturated rings. The molecule has 0 bridgehead atoms. The summed E-state index contributed by atoms with van der Waals surface area (Å²) in [5, 5.41) is 10.2. The molecule has 1 aliphatic rings. The van der Waals surface area contributed by atoms with Crippen molar-refractivity contribution in [3.8, 4) is 5.75 Å². The van der Waals surface area contributed by atoms with Crippen molar-refractivity contribution in [3.63, 3.8) is 0 Å². The van der Waals surface area contributed by atoms with Crippen molar-refractivity contribution >= 4 is 5.91 Å². The fourth-order valence-corrected chi connectivity index (χ4v) is 4.69. The zero-order valence-electron chi connectivity index (χ0n) is 19.7. The number of carbonyl (C=O) groups is 1. The summed E-state index contributed by atoms with van der Waals surface area (Å²) < 4.78 is 0. The van der Waals surface area contributed by atoms with E-state index in [0.29, 0.717) is 24.7 Å². The van der Waals surface area contributed by atoms with Gasteiger partial charge in [-0.05, 0) is 57.0 Å². The van der Waals surface area contributed by atoms with E-state index in [1.54, 1.807) is 12.3 Å². The Morgan fingerprint density at radius 1 is 1.19 bits per heavy atom. The van der Waals surface area contributed by atoms with Crippen LogP contribution in [0.5, 0.6) is 5.75 Å². The lowest BCUT2D eigenvalue weighted by Crippen LogP contribution is -2.57. The van der Waals surface area contributed by atoms with Crippen molar-refractivity contribution in [3.05, 3.63) is 72.1 Å². The number of phenolic OH excluding ortho intramolecular Hbond substituents is 1. The quantitative estimate of drug-likeness (QED) is 0.635. The lowest BCUT2D eigenvalue weighted by atomic mass is 9.93. The number of aromatic nitrogens is 1. The van der Waals surface area contributed by atoms with Crippen molar-refractivity contribution < 1.29 is 9.90 Å². The minimum absolute atomic E-state index is 0.00349. The molecule has 0 aliphatic carbocycles. The number of hydrogen-bond acceptors (Lipinski definition) is 5. The molecule has 2 heterocycles. The Bertz CT molecular complexity index is 928. The van der Waals surface area contributed by atoms with E-state index in [1.165, 1.54) is 0 Å². The average Bonchev–Trinajstić information content (AvgIpc) is 2.78. The van der Waals surface area contributed by atoms with Gasteiger partial charge < -0.3 is 10.0 Å². The Labute approximate surface area is 192 Å². The first-order chi connectivity index (χ1) is 15.4. The predicted octanol–water partition coefficient (Wildman–Crippen LogP) is 3.94. The summed E-state index contributed by atoms with van der Waals surface area (Å²) in [6.07, 6.45) is 5.46. The zero-order chi connectivity index (χ0) is 23.3. The molecule has 172 valence electrons. The standard InChI is InChI=1S/C26H36N4O2/c1-6-12-29-17-20(5)30(18-19(29)4)25(21-10-9-11-24(31)14-21)22-13-23(16-27-15-22)26(32)28(7-2)8-3/h6,9-11,13-16,19-20,25,31H,1,7-8,12,17-18H2,2-5H3/t19-,20+,25+/m1/s1. The van der Waals surface area contributed by atoms with Crippen molar-refractivity contribution in [2.75, 3.05) is 32.7 Å². The zero-order valence-corrected chi connectivity index (χ0v) is 19.7. The molecule has 1 N–H and O–H groups in total. The maximum atomic E-state index is 13.0. The van der Waals surface area contributed by atoms with Gasteiger partial charge in [0.2, 0.25) is 0 Å². The summed E-state index contributed by atoms with van der Waals surface area (Å²) in [4.78, 5) is 24.1. The molecular weight excluding hydrogens is 400 g/mol. The van der Waals surface area contributed by atoms with E-state index in [4.69, 9.17) is 0 Å². The smallest absolute Gasteiger partial charge is 0.255 e. The topological polar surface area (TPSA) is 59.9 Å². The van der Waals surface area contributed by atoms with E-state index in [2.05, 4.69) is 35.2 Å². The van der Waals surface area contributed by atoms with Crippen LogP contribution in [0.2, 0.25) is 0 Å². The molecule has 0 radical (unpaired) electrons. The number of carbonyl (C=O) groups excluding carboxylic acids is 1. The highest BCUT2D eigenvalue weighted by Gasteiger charge is 2.35. The molecule has 6 heteroatoms. The molecule has 32 heavy (non-hydrogen) atoms. The highest BCUT2D eigenvalue weighted by atomic mass is 16.3. The first-order valence-electron chi connectivity index (χ1n) is 11.5. The molecule has 1 aromatic heterocycles. The molecule has 3 atom stereocenters. The van der Waals surface area contributed by atoms with Crippen LogP contribution in [-0.2, 0) is 0 Å². The number of nitrogens with zero attached hydrogens (tertiary/aromatic N) is 4. The minimum Gasteiger partial charge on any atom is -0.508 e.